The number of aldehydes is 1. The Morgan fingerprint density at radius 2 is 2.12 bits per heavy atom. The second kappa shape index (κ2) is 4.37. The molecule has 0 fully saturated rings. The minimum atomic E-state index is 0.409. The van der Waals surface area contributed by atoms with Crippen molar-refractivity contribution in [1.29, 1.82) is 0 Å². The molecule has 0 saturated carbocycles. The van der Waals surface area contributed by atoms with Crippen LogP contribution < -0.4 is 5.32 Å². The standard InChI is InChI=1S/C6H11NO/c1-6(2)7-4-3-5-8/h3-7H,1-2H3/b4-3+. The molecule has 8 heavy (non-hydrogen) atoms. The Labute approximate surface area is 49.6 Å². The van der Waals surface area contributed by atoms with Crippen LogP contribution in [0.15, 0.2) is 12.3 Å². The second-order valence-corrected chi connectivity index (χ2v) is 1.82. The van der Waals surface area contributed by atoms with E-state index in [1.165, 1.54) is 6.08 Å². The van der Waals surface area contributed by atoms with E-state index in [1.807, 2.05) is 13.8 Å². The van der Waals surface area contributed by atoms with E-state index in [-0.39, 0.29) is 0 Å². The van der Waals surface area contributed by atoms with Gasteiger partial charge in [-0.1, -0.05) is 0 Å². The molecule has 0 amide bonds. The number of rotatable bonds is 3. The zero-order chi connectivity index (χ0) is 6.41. The maximum absolute atomic E-state index is 9.66. The summed E-state index contributed by atoms with van der Waals surface area (Å²) in [5, 5.41) is 2.93. The predicted molar refractivity (Wildman–Crippen MR) is 33.5 cm³/mol. The fourth-order valence-electron chi connectivity index (χ4n) is 0.287. The SMILES string of the molecule is CC(C)N/C=C/C=O. The average Bonchev–Trinajstić information content (AvgIpc) is 1.66. The summed E-state index contributed by atoms with van der Waals surface area (Å²) in [6.07, 6.45) is 3.81. The molecule has 2 heteroatoms. The van der Waals surface area contributed by atoms with Crippen molar-refractivity contribution in [2.75, 3.05) is 0 Å². The monoisotopic (exact) mass is 113 g/mol. The Bertz CT molecular complexity index is 86.5. The summed E-state index contributed by atoms with van der Waals surface area (Å²) in [7, 11) is 0. The third kappa shape index (κ3) is 5.21. The van der Waals surface area contributed by atoms with Crippen molar-refractivity contribution in [2.24, 2.45) is 0 Å². The quantitative estimate of drug-likeness (QED) is 0.431. The number of carbonyl (C=O) groups excluding carboxylic acids is 1. The first-order chi connectivity index (χ1) is 3.77. The van der Waals surface area contributed by atoms with E-state index in [0.29, 0.717) is 6.04 Å². The van der Waals surface area contributed by atoms with Crippen molar-refractivity contribution in [3.8, 4) is 0 Å². The summed E-state index contributed by atoms with van der Waals surface area (Å²) in [4.78, 5) is 9.66. The summed E-state index contributed by atoms with van der Waals surface area (Å²) < 4.78 is 0. The fourth-order valence-corrected chi connectivity index (χ4v) is 0.287. The van der Waals surface area contributed by atoms with Crippen LogP contribution >= 0.6 is 0 Å². The molecule has 0 aliphatic rings. The van der Waals surface area contributed by atoms with E-state index in [2.05, 4.69) is 5.32 Å². The first-order valence-electron chi connectivity index (χ1n) is 2.63. The first-order valence-corrected chi connectivity index (χ1v) is 2.63. The third-order valence-electron chi connectivity index (χ3n) is 0.604. The topological polar surface area (TPSA) is 29.1 Å². The predicted octanol–water partition coefficient (Wildman–Crippen LogP) is 0.697. The van der Waals surface area contributed by atoms with Gasteiger partial charge in [0.05, 0.1) is 0 Å². The van der Waals surface area contributed by atoms with E-state index >= 15 is 0 Å². The zero-order valence-electron chi connectivity index (χ0n) is 5.22. The maximum atomic E-state index is 9.66. The summed E-state index contributed by atoms with van der Waals surface area (Å²) in [5.41, 5.74) is 0. The molecule has 0 aromatic rings. The summed E-state index contributed by atoms with van der Waals surface area (Å²) in [6, 6.07) is 0.409. The molecule has 0 aliphatic carbocycles. The lowest BCUT2D eigenvalue weighted by Crippen LogP contribution is -2.14. The van der Waals surface area contributed by atoms with Gasteiger partial charge in [-0.2, -0.15) is 0 Å². The highest BCUT2D eigenvalue weighted by molar-refractivity contribution is 5.64. The van der Waals surface area contributed by atoms with Gasteiger partial charge in [-0.15, -0.1) is 0 Å². The normalized spacial score (nSPS) is 10.4. The van der Waals surface area contributed by atoms with Gasteiger partial charge in [-0.25, -0.2) is 0 Å². The van der Waals surface area contributed by atoms with Gasteiger partial charge in [0.1, 0.15) is 6.29 Å². The lowest BCUT2D eigenvalue weighted by atomic mass is 10.4. The molecular formula is C6H11NO. The Kier molecular flexibility index (Phi) is 3.94. The minimum absolute atomic E-state index is 0.409. The van der Waals surface area contributed by atoms with Gasteiger partial charge in [0.25, 0.3) is 0 Å². The maximum Gasteiger partial charge on any atom is 0.144 e. The number of allylic oxidation sites excluding steroid dienone is 1. The molecule has 0 bridgehead atoms. The lowest BCUT2D eigenvalue weighted by Gasteiger charge is -2.00. The van der Waals surface area contributed by atoms with Crippen molar-refractivity contribution >= 4 is 6.29 Å². The second-order valence-electron chi connectivity index (χ2n) is 1.82. The molecule has 1 N–H and O–H groups in total. The van der Waals surface area contributed by atoms with E-state index in [9.17, 15) is 4.79 Å². The van der Waals surface area contributed by atoms with Gasteiger partial charge in [0, 0.05) is 6.04 Å². The van der Waals surface area contributed by atoms with Crippen LogP contribution in [0.3, 0.4) is 0 Å². The van der Waals surface area contributed by atoms with Crippen molar-refractivity contribution in [3.63, 3.8) is 0 Å². The zero-order valence-corrected chi connectivity index (χ0v) is 5.22. The van der Waals surface area contributed by atoms with Gasteiger partial charge < -0.3 is 5.32 Å². The number of hydrogen-bond acceptors (Lipinski definition) is 2. The minimum Gasteiger partial charge on any atom is -0.389 e. The lowest BCUT2D eigenvalue weighted by molar-refractivity contribution is -0.104. The van der Waals surface area contributed by atoms with E-state index in [1.54, 1.807) is 6.20 Å². The van der Waals surface area contributed by atoms with Crippen molar-refractivity contribution in [3.05, 3.63) is 12.3 Å². The molecule has 0 aromatic heterocycles. The van der Waals surface area contributed by atoms with E-state index in [4.69, 9.17) is 0 Å². The molecule has 0 aromatic carbocycles. The molecule has 0 unspecified atom stereocenters. The molecule has 0 radical (unpaired) electrons. The molecule has 2 nitrogen and oxygen atoms in total. The molecule has 0 heterocycles. The van der Waals surface area contributed by atoms with Crippen LogP contribution in [0, 0.1) is 0 Å². The van der Waals surface area contributed by atoms with Crippen LogP contribution in [0.4, 0.5) is 0 Å². The van der Waals surface area contributed by atoms with Crippen LogP contribution in [0.1, 0.15) is 13.8 Å². The molecule has 0 rings (SSSR count). The van der Waals surface area contributed by atoms with Crippen molar-refractivity contribution in [1.82, 2.24) is 5.32 Å². The number of carbonyl (C=O) groups is 1. The van der Waals surface area contributed by atoms with Crippen LogP contribution in [-0.2, 0) is 4.79 Å². The molecule has 0 atom stereocenters. The van der Waals surface area contributed by atoms with Gasteiger partial charge in [-0.3, -0.25) is 4.79 Å². The van der Waals surface area contributed by atoms with Crippen LogP contribution in [0.2, 0.25) is 0 Å². The van der Waals surface area contributed by atoms with Crippen LogP contribution in [0.25, 0.3) is 0 Å². The van der Waals surface area contributed by atoms with Crippen molar-refractivity contribution < 1.29 is 4.79 Å². The van der Waals surface area contributed by atoms with Crippen LogP contribution in [0.5, 0.6) is 0 Å². The fraction of sp³-hybridized carbons (Fsp3) is 0.500. The third-order valence-corrected chi connectivity index (χ3v) is 0.604. The van der Waals surface area contributed by atoms with E-state index in [0.717, 1.165) is 6.29 Å². The van der Waals surface area contributed by atoms with Gasteiger partial charge in [0.2, 0.25) is 0 Å². The molecule has 0 aliphatic heterocycles. The summed E-state index contributed by atoms with van der Waals surface area (Å²) in [6.45, 7) is 4.02. The highest BCUT2D eigenvalue weighted by Crippen LogP contribution is 1.73. The smallest absolute Gasteiger partial charge is 0.144 e. The largest absolute Gasteiger partial charge is 0.389 e. The van der Waals surface area contributed by atoms with E-state index < -0.39 is 0 Å². The van der Waals surface area contributed by atoms with Crippen molar-refractivity contribution in [2.45, 2.75) is 19.9 Å². The Morgan fingerprint density at radius 3 is 2.50 bits per heavy atom. The number of nitrogens with one attached hydrogen (secondary N) is 1. The Morgan fingerprint density at radius 1 is 1.50 bits per heavy atom. The van der Waals surface area contributed by atoms with Gasteiger partial charge >= 0.3 is 0 Å². The molecule has 0 saturated heterocycles. The first kappa shape index (κ1) is 7.21. The average molecular weight is 113 g/mol. The molecule has 0 spiro atoms. The number of hydrogen-bond donors (Lipinski definition) is 1. The highest BCUT2D eigenvalue weighted by Gasteiger charge is 1.80. The molecule has 46 valence electrons. The highest BCUT2D eigenvalue weighted by atomic mass is 16.1. The Hall–Kier alpha value is -0.790. The summed E-state index contributed by atoms with van der Waals surface area (Å²) >= 11 is 0. The van der Waals surface area contributed by atoms with Gasteiger partial charge in [0.15, 0.2) is 0 Å². The van der Waals surface area contributed by atoms with Gasteiger partial charge in [-0.05, 0) is 26.1 Å². The van der Waals surface area contributed by atoms with Crippen LogP contribution in [-0.4, -0.2) is 12.3 Å². The summed E-state index contributed by atoms with van der Waals surface area (Å²) in [5.74, 6) is 0. The molecular weight excluding hydrogens is 102 g/mol. The Balaban J connectivity index is 3.15.